The van der Waals surface area contributed by atoms with Gasteiger partial charge in [-0.1, -0.05) is 41.9 Å². The van der Waals surface area contributed by atoms with Crippen molar-refractivity contribution < 1.29 is 4.74 Å². The van der Waals surface area contributed by atoms with Crippen LogP contribution in [0.3, 0.4) is 0 Å². The molecule has 0 radical (unpaired) electrons. The first-order valence-electron chi connectivity index (χ1n) is 6.88. The second-order valence-corrected chi connectivity index (χ2v) is 7.08. The number of fused-ring (bicyclic) bond motifs is 1. The van der Waals surface area contributed by atoms with Gasteiger partial charge in [0, 0.05) is 15.8 Å². The lowest BCUT2D eigenvalue weighted by atomic mass is 10.1. The minimum absolute atomic E-state index is 0.475. The summed E-state index contributed by atoms with van der Waals surface area (Å²) < 4.78 is 6.95. The second kappa shape index (κ2) is 6.16. The van der Waals surface area contributed by atoms with E-state index in [-0.39, 0.29) is 0 Å². The van der Waals surface area contributed by atoms with Crippen LogP contribution in [0.25, 0.3) is 10.8 Å². The highest BCUT2D eigenvalue weighted by Gasteiger charge is 2.06. The van der Waals surface area contributed by atoms with Gasteiger partial charge in [-0.3, -0.25) is 0 Å². The summed E-state index contributed by atoms with van der Waals surface area (Å²) in [5.41, 5.74) is 1.000. The molecule has 0 aliphatic carbocycles. The summed E-state index contributed by atoms with van der Waals surface area (Å²) in [6.07, 6.45) is 0. The van der Waals surface area contributed by atoms with E-state index in [1.54, 1.807) is 11.3 Å². The third kappa shape index (κ3) is 3.44. The minimum atomic E-state index is 0.475. The van der Waals surface area contributed by atoms with E-state index in [2.05, 4.69) is 64.4 Å². The summed E-state index contributed by atoms with van der Waals surface area (Å²) >= 11 is 5.19. The molecule has 1 heterocycles. The zero-order valence-corrected chi connectivity index (χ0v) is 14.4. The Balaban J connectivity index is 1.73. The SMILES string of the molecule is CC(C)c1nc(COc2ccc3cc(Br)ccc3c2)cs1. The Kier molecular flexibility index (Phi) is 4.27. The Morgan fingerprint density at radius 1 is 1.14 bits per heavy atom. The standard InChI is InChI=1S/C17H16BrNOS/c1-11(2)17-19-15(10-21-17)9-20-16-6-4-12-7-14(18)5-3-13(12)8-16/h3-8,10-11H,9H2,1-2H3. The smallest absolute Gasteiger partial charge is 0.131 e. The minimum Gasteiger partial charge on any atom is -0.487 e. The number of ether oxygens (including phenoxy) is 1. The van der Waals surface area contributed by atoms with Gasteiger partial charge in [-0.2, -0.15) is 0 Å². The van der Waals surface area contributed by atoms with Gasteiger partial charge in [0.25, 0.3) is 0 Å². The first kappa shape index (κ1) is 14.5. The van der Waals surface area contributed by atoms with Crippen LogP contribution in [0.2, 0.25) is 0 Å². The molecule has 1 aromatic heterocycles. The van der Waals surface area contributed by atoms with Crippen molar-refractivity contribution in [1.29, 1.82) is 0 Å². The van der Waals surface area contributed by atoms with Crippen LogP contribution in [0.15, 0.2) is 46.3 Å². The Bertz CT molecular complexity index is 766. The molecule has 0 fully saturated rings. The Hall–Kier alpha value is -1.39. The molecule has 108 valence electrons. The Morgan fingerprint density at radius 2 is 1.90 bits per heavy atom. The predicted octanol–water partition coefficient (Wildman–Crippen LogP) is 5.76. The highest BCUT2D eigenvalue weighted by molar-refractivity contribution is 9.10. The van der Waals surface area contributed by atoms with Gasteiger partial charge in [0.05, 0.1) is 10.7 Å². The maximum absolute atomic E-state index is 5.86. The number of benzene rings is 2. The van der Waals surface area contributed by atoms with Crippen LogP contribution < -0.4 is 4.74 Å². The Labute approximate surface area is 136 Å². The van der Waals surface area contributed by atoms with E-state index < -0.39 is 0 Å². The monoisotopic (exact) mass is 361 g/mol. The summed E-state index contributed by atoms with van der Waals surface area (Å²) in [6, 6.07) is 12.4. The number of thiazole rings is 1. The van der Waals surface area contributed by atoms with Crippen LogP contribution in [-0.2, 0) is 6.61 Å². The third-order valence-corrected chi connectivity index (χ3v) is 4.91. The molecule has 0 aliphatic heterocycles. The maximum atomic E-state index is 5.86. The van der Waals surface area contributed by atoms with Crippen molar-refractivity contribution in [2.24, 2.45) is 0 Å². The van der Waals surface area contributed by atoms with Gasteiger partial charge >= 0.3 is 0 Å². The molecule has 0 aliphatic rings. The van der Waals surface area contributed by atoms with Gasteiger partial charge in [0.1, 0.15) is 12.4 Å². The van der Waals surface area contributed by atoms with Crippen LogP contribution >= 0.6 is 27.3 Å². The predicted molar refractivity (Wildman–Crippen MR) is 92.2 cm³/mol. The van der Waals surface area contributed by atoms with Gasteiger partial charge in [0.2, 0.25) is 0 Å². The van der Waals surface area contributed by atoms with Gasteiger partial charge in [-0.15, -0.1) is 11.3 Å². The van der Waals surface area contributed by atoms with Crippen molar-refractivity contribution in [3.8, 4) is 5.75 Å². The number of aromatic nitrogens is 1. The number of hydrogen-bond acceptors (Lipinski definition) is 3. The number of halogens is 1. The van der Waals surface area contributed by atoms with Gasteiger partial charge in [0.15, 0.2) is 0 Å². The molecule has 0 unspecified atom stereocenters. The van der Waals surface area contributed by atoms with E-state index in [9.17, 15) is 0 Å². The molecular weight excluding hydrogens is 346 g/mol. The molecule has 3 aromatic rings. The van der Waals surface area contributed by atoms with Gasteiger partial charge < -0.3 is 4.74 Å². The third-order valence-electron chi connectivity index (χ3n) is 3.22. The highest BCUT2D eigenvalue weighted by Crippen LogP contribution is 2.25. The Morgan fingerprint density at radius 3 is 2.67 bits per heavy atom. The van der Waals surface area contributed by atoms with Crippen LogP contribution in [-0.4, -0.2) is 4.98 Å². The topological polar surface area (TPSA) is 22.1 Å². The second-order valence-electron chi connectivity index (χ2n) is 5.27. The zero-order valence-electron chi connectivity index (χ0n) is 12.0. The molecule has 0 saturated heterocycles. The molecule has 0 N–H and O–H groups in total. The summed E-state index contributed by atoms with van der Waals surface area (Å²) in [7, 11) is 0. The van der Waals surface area contributed by atoms with Crippen LogP contribution in [0.5, 0.6) is 5.75 Å². The molecule has 0 spiro atoms. The molecule has 0 amide bonds. The van der Waals surface area contributed by atoms with Gasteiger partial charge in [-0.05, 0) is 35.0 Å². The van der Waals surface area contributed by atoms with Gasteiger partial charge in [-0.25, -0.2) is 4.98 Å². The molecule has 3 rings (SSSR count). The zero-order chi connectivity index (χ0) is 14.8. The van der Waals surface area contributed by atoms with Crippen LogP contribution in [0.4, 0.5) is 0 Å². The first-order chi connectivity index (χ1) is 10.1. The number of hydrogen-bond donors (Lipinski definition) is 0. The summed E-state index contributed by atoms with van der Waals surface area (Å²) in [5.74, 6) is 1.35. The van der Waals surface area contributed by atoms with Crippen molar-refractivity contribution in [1.82, 2.24) is 4.98 Å². The molecule has 21 heavy (non-hydrogen) atoms. The highest BCUT2D eigenvalue weighted by atomic mass is 79.9. The summed E-state index contributed by atoms with van der Waals surface area (Å²) in [4.78, 5) is 4.59. The van der Waals surface area contributed by atoms with E-state index in [1.165, 1.54) is 10.8 Å². The van der Waals surface area contributed by atoms with Crippen molar-refractivity contribution in [3.63, 3.8) is 0 Å². The molecule has 4 heteroatoms. The molecule has 2 nitrogen and oxygen atoms in total. The lowest BCUT2D eigenvalue weighted by molar-refractivity contribution is 0.302. The summed E-state index contributed by atoms with van der Waals surface area (Å²) in [5, 5.41) is 5.62. The van der Waals surface area contributed by atoms with E-state index in [4.69, 9.17) is 4.74 Å². The van der Waals surface area contributed by atoms with Crippen molar-refractivity contribution in [2.45, 2.75) is 26.4 Å². The number of nitrogens with zero attached hydrogens (tertiary/aromatic N) is 1. The largest absolute Gasteiger partial charge is 0.487 e. The first-order valence-corrected chi connectivity index (χ1v) is 8.55. The van der Waals surface area contributed by atoms with Crippen molar-refractivity contribution in [2.75, 3.05) is 0 Å². The molecular formula is C17H16BrNOS. The fraction of sp³-hybridized carbons (Fsp3) is 0.235. The van der Waals surface area contributed by atoms with Crippen LogP contribution in [0, 0.1) is 0 Å². The quantitative estimate of drug-likeness (QED) is 0.589. The van der Waals surface area contributed by atoms with E-state index >= 15 is 0 Å². The van der Waals surface area contributed by atoms with E-state index in [1.807, 2.05) is 12.1 Å². The van der Waals surface area contributed by atoms with Crippen molar-refractivity contribution in [3.05, 3.63) is 57.0 Å². The molecule has 0 bridgehead atoms. The fourth-order valence-corrected chi connectivity index (χ4v) is 3.29. The lowest BCUT2D eigenvalue weighted by Gasteiger charge is -2.06. The average molecular weight is 362 g/mol. The van der Waals surface area contributed by atoms with Crippen molar-refractivity contribution >= 4 is 38.0 Å². The summed E-state index contributed by atoms with van der Waals surface area (Å²) in [6.45, 7) is 4.83. The maximum Gasteiger partial charge on any atom is 0.131 e. The number of rotatable bonds is 4. The lowest BCUT2D eigenvalue weighted by Crippen LogP contribution is -1.96. The van der Waals surface area contributed by atoms with E-state index in [0.29, 0.717) is 12.5 Å². The average Bonchev–Trinajstić information content (AvgIpc) is 2.94. The van der Waals surface area contributed by atoms with Crippen LogP contribution in [0.1, 0.15) is 30.5 Å². The van der Waals surface area contributed by atoms with E-state index in [0.717, 1.165) is 20.9 Å². The molecule has 2 aromatic carbocycles. The molecule has 0 saturated carbocycles. The normalized spacial score (nSPS) is 11.2. The molecule has 0 atom stereocenters. The fourth-order valence-electron chi connectivity index (χ4n) is 2.10.